The van der Waals surface area contributed by atoms with Crippen molar-refractivity contribution in [2.45, 2.75) is 6.42 Å². The number of ether oxygens (including phenoxy) is 1. The summed E-state index contributed by atoms with van der Waals surface area (Å²) < 4.78 is 5.20. The Balaban J connectivity index is 2.08. The molecular formula is C6H12ClNO. The molecule has 1 rings (SSSR count). The Morgan fingerprint density at radius 1 is 1.56 bits per heavy atom. The van der Waals surface area contributed by atoms with Gasteiger partial charge in [0.25, 0.3) is 0 Å². The summed E-state index contributed by atoms with van der Waals surface area (Å²) in [7, 11) is 0. The van der Waals surface area contributed by atoms with Gasteiger partial charge in [0.05, 0.1) is 6.73 Å². The van der Waals surface area contributed by atoms with E-state index in [4.69, 9.17) is 16.3 Å². The van der Waals surface area contributed by atoms with Crippen molar-refractivity contribution in [3.05, 3.63) is 0 Å². The highest BCUT2D eigenvalue weighted by Gasteiger charge is 2.07. The molecule has 0 aromatic heterocycles. The molecule has 1 aliphatic rings. The largest absolute Gasteiger partial charge is 0.366 e. The molecule has 1 heterocycles. The van der Waals surface area contributed by atoms with E-state index in [1.807, 2.05) is 0 Å². The van der Waals surface area contributed by atoms with Crippen molar-refractivity contribution in [2.75, 3.05) is 32.3 Å². The lowest BCUT2D eigenvalue weighted by Crippen LogP contribution is -2.34. The smallest absolute Gasteiger partial charge is 0.0990 e. The summed E-state index contributed by atoms with van der Waals surface area (Å²) in [6, 6.07) is 0. The van der Waals surface area contributed by atoms with Crippen LogP contribution in [0.2, 0.25) is 0 Å². The second-order valence-electron chi connectivity index (χ2n) is 2.20. The van der Waals surface area contributed by atoms with Crippen LogP contribution in [0.15, 0.2) is 0 Å². The van der Waals surface area contributed by atoms with Gasteiger partial charge in [0.2, 0.25) is 0 Å². The lowest BCUT2D eigenvalue weighted by atomic mass is 10.4. The van der Waals surface area contributed by atoms with E-state index in [2.05, 4.69) is 4.90 Å². The van der Waals surface area contributed by atoms with Gasteiger partial charge in [0, 0.05) is 25.6 Å². The zero-order valence-corrected chi connectivity index (χ0v) is 6.23. The van der Waals surface area contributed by atoms with E-state index in [1.165, 1.54) is 0 Å². The third-order valence-electron chi connectivity index (χ3n) is 1.44. The molecule has 1 fully saturated rings. The van der Waals surface area contributed by atoms with Crippen LogP contribution in [0.1, 0.15) is 6.42 Å². The first-order chi connectivity index (χ1) is 4.43. The van der Waals surface area contributed by atoms with Crippen LogP contribution in [-0.2, 0) is 4.74 Å². The van der Waals surface area contributed by atoms with Crippen LogP contribution < -0.4 is 0 Å². The van der Waals surface area contributed by atoms with Gasteiger partial charge in [0.15, 0.2) is 0 Å². The normalized spacial score (nSPS) is 22.3. The van der Waals surface area contributed by atoms with Crippen LogP contribution in [0.5, 0.6) is 0 Å². The summed E-state index contributed by atoms with van der Waals surface area (Å²) in [5.41, 5.74) is 0. The van der Waals surface area contributed by atoms with Gasteiger partial charge >= 0.3 is 0 Å². The monoisotopic (exact) mass is 149 g/mol. The van der Waals surface area contributed by atoms with E-state index < -0.39 is 0 Å². The van der Waals surface area contributed by atoms with E-state index in [1.54, 1.807) is 0 Å². The Hall–Kier alpha value is 0.210. The number of alkyl halides is 1. The molecule has 0 atom stereocenters. The fraction of sp³-hybridized carbons (Fsp3) is 1.00. The van der Waals surface area contributed by atoms with Crippen molar-refractivity contribution in [1.29, 1.82) is 0 Å². The van der Waals surface area contributed by atoms with Crippen LogP contribution in [0.3, 0.4) is 0 Å². The summed E-state index contributed by atoms with van der Waals surface area (Å²) in [4.78, 5) is 2.22. The predicted molar refractivity (Wildman–Crippen MR) is 37.7 cm³/mol. The molecule has 0 saturated carbocycles. The Labute approximate surface area is 60.7 Å². The van der Waals surface area contributed by atoms with E-state index >= 15 is 0 Å². The minimum Gasteiger partial charge on any atom is -0.366 e. The molecule has 0 bridgehead atoms. The number of halogens is 1. The van der Waals surface area contributed by atoms with Crippen molar-refractivity contribution < 1.29 is 4.74 Å². The minimum atomic E-state index is 0.712. The zero-order valence-electron chi connectivity index (χ0n) is 5.48. The zero-order chi connectivity index (χ0) is 6.53. The molecule has 3 heteroatoms. The molecule has 2 nitrogen and oxygen atoms in total. The maximum Gasteiger partial charge on any atom is 0.0990 e. The van der Waals surface area contributed by atoms with Crippen LogP contribution in [0.25, 0.3) is 0 Å². The lowest BCUT2D eigenvalue weighted by Gasteiger charge is -2.25. The number of rotatable bonds is 2. The van der Waals surface area contributed by atoms with Crippen molar-refractivity contribution in [3.8, 4) is 0 Å². The van der Waals surface area contributed by atoms with Gasteiger partial charge in [-0.1, -0.05) is 0 Å². The van der Waals surface area contributed by atoms with Crippen molar-refractivity contribution in [2.24, 2.45) is 0 Å². The third-order valence-corrected chi connectivity index (χ3v) is 1.61. The summed E-state index contributed by atoms with van der Waals surface area (Å²) >= 11 is 5.54. The van der Waals surface area contributed by atoms with E-state index in [0.717, 1.165) is 32.8 Å². The third kappa shape index (κ3) is 2.52. The molecule has 0 spiro atoms. The van der Waals surface area contributed by atoms with Crippen molar-refractivity contribution in [1.82, 2.24) is 4.90 Å². The van der Waals surface area contributed by atoms with E-state index in [0.29, 0.717) is 5.88 Å². The second-order valence-corrected chi connectivity index (χ2v) is 2.58. The highest BCUT2D eigenvalue weighted by atomic mass is 35.5. The molecule has 54 valence electrons. The minimum absolute atomic E-state index is 0.712. The Morgan fingerprint density at radius 2 is 2.44 bits per heavy atom. The predicted octanol–water partition coefficient (Wildman–Crippen LogP) is 0.905. The summed E-state index contributed by atoms with van der Waals surface area (Å²) in [5, 5.41) is 0. The van der Waals surface area contributed by atoms with Gasteiger partial charge in [-0.15, -0.1) is 11.6 Å². The Morgan fingerprint density at radius 3 is 3.00 bits per heavy atom. The second kappa shape index (κ2) is 4.09. The lowest BCUT2D eigenvalue weighted by molar-refractivity contribution is -0.00988. The molecule has 1 aliphatic heterocycles. The van der Waals surface area contributed by atoms with Gasteiger partial charge in [-0.05, 0) is 6.42 Å². The van der Waals surface area contributed by atoms with E-state index in [-0.39, 0.29) is 0 Å². The van der Waals surface area contributed by atoms with E-state index in [9.17, 15) is 0 Å². The standard InChI is InChI=1S/C6H12ClNO/c7-2-4-8-3-1-5-9-6-8/h1-6H2. The van der Waals surface area contributed by atoms with Gasteiger partial charge in [-0.3, -0.25) is 4.90 Å². The molecule has 0 radical (unpaired) electrons. The molecule has 9 heavy (non-hydrogen) atoms. The number of nitrogens with zero attached hydrogens (tertiary/aromatic N) is 1. The van der Waals surface area contributed by atoms with Gasteiger partial charge in [-0.2, -0.15) is 0 Å². The summed E-state index contributed by atoms with van der Waals surface area (Å²) in [5.74, 6) is 0.712. The fourth-order valence-electron chi connectivity index (χ4n) is 0.944. The Bertz CT molecular complexity index is 70.7. The molecule has 0 aromatic carbocycles. The number of hydrogen-bond donors (Lipinski definition) is 0. The molecule has 0 aromatic rings. The van der Waals surface area contributed by atoms with Crippen LogP contribution in [0, 0.1) is 0 Å². The highest BCUT2D eigenvalue weighted by Crippen LogP contribution is 1.99. The molecule has 0 N–H and O–H groups in total. The van der Waals surface area contributed by atoms with Crippen LogP contribution >= 0.6 is 11.6 Å². The summed E-state index contributed by atoms with van der Waals surface area (Å²) in [6.45, 7) is 3.79. The van der Waals surface area contributed by atoms with Crippen LogP contribution in [-0.4, -0.2) is 37.2 Å². The maximum absolute atomic E-state index is 5.54. The van der Waals surface area contributed by atoms with Gasteiger partial charge < -0.3 is 4.74 Å². The first kappa shape index (κ1) is 7.32. The first-order valence-corrected chi connectivity index (χ1v) is 3.83. The van der Waals surface area contributed by atoms with Crippen LogP contribution in [0.4, 0.5) is 0 Å². The molecule has 0 unspecified atom stereocenters. The van der Waals surface area contributed by atoms with Gasteiger partial charge in [0.1, 0.15) is 0 Å². The maximum atomic E-state index is 5.54. The molecule has 0 amide bonds. The van der Waals surface area contributed by atoms with Gasteiger partial charge in [-0.25, -0.2) is 0 Å². The fourth-order valence-corrected chi connectivity index (χ4v) is 1.18. The summed E-state index contributed by atoms with van der Waals surface area (Å²) in [6.07, 6.45) is 1.15. The quantitative estimate of drug-likeness (QED) is 0.541. The molecule has 0 aliphatic carbocycles. The Kier molecular flexibility index (Phi) is 3.33. The highest BCUT2D eigenvalue weighted by molar-refractivity contribution is 6.18. The molecular weight excluding hydrogens is 138 g/mol. The topological polar surface area (TPSA) is 12.5 Å². The first-order valence-electron chi connectivity index (χ1n) is 3.29. The number of hydrogen-bond acceptors (Lipinski definition) is 2. The average molecular weight is 150 g/mol. The SMILES string of the molecule is ClCCN1CCCOC1. The van der Waals surface area contributed by atoms with Crippen molar-refractivity contribution >= 4 is 11.6 Å². The molecule has 1 saturated heterocycles. The van der Waals surface area contributed by atoms with Crippen molar-refractivity contribution in [3.63, 3.8) is 0 Å². The average Bonchev–Trinajstić information content (AvgIpc) is 1.91.